The average molecular weight is 719 g/mol. The molecule has 0 aliphatic rings. The largest absolute Gasteiger partial charge is 0.248 e. The SMILES string of the molecule is c1ccc(-c2cc(-c3cc(-c4cc(-c5ccccc5)nc(-c5ccccc5)c4)cc(-c4cccc5sc6ccccc6c45)c3)cc(-c3ccccc3)n2)cc1. The molecule has 0 aliphatic carbocycles. The Kier molecular flexibility index (Phi) is 8.40. The monoisotopic (exact) mass is 718 g/mol. The minimum absolute atomic E-state index is 0.941. The fourth-order valence-electron chi connectivity index (χ4n) is 7.55. The summed E-state index contributed by atoms with van der Waals surface area (Å²) >= 11 is 1.85. The van der Waals surface area contributed by atoms with Crippen LogP contribution in [0, 0.1) is 0 Å². The molecular weight excluding hydrogens is 685 g/mol. The Labute approximate surface area is 324 Å². The van der Waals surface area contributed by atoms with Crippen LogP contribution in [0.3, 0.4) is 0 Å². The highest BCUT2D eigenvalue weighted by atomic mass is 32.1. The van der Waals surface area contributed by atoms with Gasteiger partial charge in [0.25, 0.3) is 0 Å². The molecule has 0 aliphatic heterocycles. The van der Waals surface area contributed by atoms with Crippen LogP contribution in [-0.4, -0.2) is 9.97 Å². The van der Waals surface area contributed by atoms with Crippen molar-refractivity contribution in [1.82, 2.24) is 9.97 Å². The number of fused-ring (bicyclic) bond motifs is 3. The summed E-state index contributed by atoms with van der Waals surface area (Å²) in [5.41, 5.74) is 15.0. The van der Waals surface area contributed by atoms with E-state index in [0.717, 1.165) is 67.3 Å². The van der Waals surface area contributed by atoms with Crippen molar-refractivity contribution in [3.63, 3.8) is 0 Å². The molecule has 0 spiro atoms. The number of benzene rings is 7. The van der Waals surface area contributed by atoms with Crippen molar-refractivity contribution < 1.29 is 0 Å². The van der Waals surface area contributed by atoms with E-state index in [9.17, 15) is 0 Å². The van der Waals surface area contributed by atoms with E-state index in [4.69, 9.17) is 9.97 Å². The Morgan fingerprint density at radius 3 is 1.09 bits per heavy atom. The van der Waals surface area contributed by atoms with Gasteiger partial charge in [0, 0.05) is 42.4 Å². The topological polar surface area (TPSA) is 25.8 Å². The van der Waals surface area contributed by atoms with Gasteiger partial charge in [-0.25, -0.2) is 9.97 Å². The number of thiophene rings is 1. The Morgan fingerprint density at radius 2 is 0.636 bits per heavy atom. The van der Waals surface area contributed by atoms with Gasteiger partial charge in [-0.2, -0.15) is 0 Å². The molecule has 0 bridgehead atoms. The van der Waals surface area contributed by atoms with Gasteiger partial charge in [0.05, 0.1) is 22.8 Å². The molecule has 3 heteroatoms. The number of nitrogens with zero attached hydrogens (tertiary/aromatic N) is 2. The first-order chi connectivity index (χ1) is 27.2. The average Bonchev–Trinajstić information content (AvgIpc) is 3.66. The molecule has 55 heavy (non-hydrogen) atoms. The van der Waals surface area contributed by atoms with Crippen molar-refractivity contribution >= 4 is 31.5 Å². The highest BCUT2D eigenvalue weighted by Crippen LogP contribution is 2.43. The number of rotatable bonds is 7. The predicted molar refractivity (Wildman–Crippen MR) is 233 cm³/mol. The van der Waals surface area contributed by atoms with E-state index in [2.05, 4.69) is 206 Å². The lowest BCUT2D eigenvalue weighted by molar-refractivity contribution is 1.32. The lowest BCUT2D eigenvalue weighted by Crippen LogP contribution is -1.94. The highest BCUT2D eigenvalue weighted by Gasteiger charge is 2.17. The highest BCUT2D eigenvalue weighted by molar-refractivity contribution is 7.25. The maximum atomic E-state index is 5.21. The normalized spacial score (nSPS) is 11.3. The third kappa shape index (κ3) is 6.41. The predicted octanol–water partition coefficient (Wildman–Crippen LogP) is 14.5. The summed E-state index contributed by atoms with van der Waals surface area (Å²) in [4.78, 5) is 10.4. The molecule has 258 valence electrons. The van der Waals surface area contributed by atoms with Gasteiger partial charge in [-0.05, 0) is 88.0 Å². The van der Waals surface area contributed by atoms with Crippen LogP contribution in [0.25, 0.3) is 98.6 Å². The molecular formula is C52H34N2S. The number of aromatic nitrogens is 2. The second-order valence-electron chi connectivity index (χ2n) is 13.8. The van der Waals surface area contributed by atoms with Crippen LogP contribution in [0.15, 0.2) is 206 Å². The van der Waals surface area contributed by atoms with Crippen LogP contribution >= 0.6 is 11.3 Å². The van der Waals surface area contributed by atoms with E-state index < -0.39 is 0 Å². The lowest BCUT2D eigenvalue weighted by Gasteiger charge is -2.16. The summed E-state index contributed by atoms with van der Waals surface area (Å²) in [6.07, 6.45) is 0. The maximum Gasteiger partial charge on any atom is 0.0715 e. The van der Waals surface area contributed by atoms with E-state index >= 15 is 0 Å². The zero-order chi connectivity index (χ0) is 36.6. The van der Waals surface area contributed by atoms with Gasteiger partial charge < -0.3 is 0 Å². The molecule has 0 saturated carbocycles. The summed E-state index contributed by atoms with van der Waals surface area (Å²) in [7, 11) is 0. The van der Waals surface area contributed by atoms with Crippen molar-refractivity contribution in [2.75, 3.05) is 0 Å². The fourth-order valence-corrected chi connectivity index (χ4v) is 8.69. The van der Waals surface area contributed by atoms with E-state index in [1.807, 2.05) is 11.3 Å². The molecule has 0 N–H and O–H groups in total. The maximum absolute atomic E-state index is 5.21. The van der Waals surface area contributed by atoms with E-state index in [-0.39, 0.29) is 0 Å². The van der Waals surface area contributed by atoms with Gasteiger partial charge in [-0.3, -0.25) is 0 Å². The standard InChI is InChI=1S/C52H34N2S/c1-5-16-35(17-6-1)46-31-41(32-47(53-46)36-18-7-2-8-19-36)39-28-40(30-43(29-39)44-25-15-27-51-52(44)45-24-13-14-26-50(45)55-51)42-33-48(37-20-9-3-10-21-37)54-49(34-42)38-22-11-4-12-23-38/h1-34H. The third-order valence-corrected chi connectivity index (χ3v) is 11.4. The molecule has 2 nitrogen and oxygen atoms in total. The van der Waals surface area contributed by atoms with Crippen LogP contribution in [0.4, 0.5) is 0 Å². The minimum Gasteiger partial charge on any atom is -0.248 e. The van der Waals surface area contributed by atoms with Crippen LogP contribution < -0.4 is 0 Å². The number of hydrogen-bond donors (Lipinski definition) is 0. The molecule has 0 amide bonds. The van der Waals surface area contributed by atoms with Crippen LogP contribution in [-0.2, 0) is 0 Å². The number of pyridine rings is 2. The molecule has 0 unspecified atom stereocenters. The second kappa shape index (κ2) is 14.1. The molecule has 0 fully saturated rings. The van der Waals surface area contributed by atoms with Crippen molar-refractivity contribution in [3.05, 3.63) is 206 Å². The van der Waals surface area contributed by atoms with Gasteiger partial charge in [0.2, 0.25) is 0 Å². The Balaban J connectivity index is 1.25. The van der Waals surface area contributed by atoms with Crippen LogP contribution in [0.5, 0.6) is 0 Å². The van der Waals surface area contributed by atoms with Crippen LogP contribution in [0.1, 0.15) is 0 Å². The molecule has 0 saturated heterocycles. The smallest absolute Gasteiger partial charge is 0.0715 e. The first-order valence-corrected chi connectivity index (χ1v) is 19.4. The van der Waals surface area contributed by atoms with E-state index in [0.29, 0.717) is 0 Å². The molecule has 3 aromatic heterocycles. The van der Waals surface area contributed by atoms with Gasteiger partial charge in [-0.1, -0.05) is 152 Å². The van der Waals surface area contributed by atoms with Crippen molar-refractivity contribution in [2.24, 2.45) is 0 Å². The zero-order valence-corrected chi connectivity index (χ0v) is 30.7. The van der Waals surface area contributed by atoms with Crippen molar-refractivity contribution in [3.8, 4) is 78.4 Å². The lowest BCUT2D eigenvalue weighted by atomic mass is 9.90. The van der Waals surface area contributed by atoms with E-state index in [1.165, 1.54) is 31.3 Å². The Hall–Kier alpha value is -6.94. The molecule has 0 radical (unpaired) electrons. The minimum atomic E-state index is 0.941. The molecule has 7 aromatic carbocycles. The Bertz CT molecular complexity index is 2690. The van der Waals surface area contributed by atoms with Gasteiger partial charge >= 0.3 is 0 Å². The molecule has 10 rings (SSSR count). The third-order valence-electron chi connectivity index (χ3n) is 10.2. The second-order valence-corrected chi connectivity index (χ2v) is 14.9. The molecule has 3 heterocycles. The van der Waals surface area contributed by atoms with Gasteiger partial charge in [0.1, 0.15) is 0 Å². The van der Waals surface area contributed by atoms with Gasteiger partial charge in [-0.15, -0.1) is 11.3 Å². The fraction of sp³-hybridized carbons (Fsp3) is 0. The number of hydrogen-bond acceptors (Lipinski definition) is 3. The van der Waals surface area contributed by atoms with E-state index in [1.54, 1.807) is 0 Å². The summed E-state index contributed by atoms with van der Waals surface area (Å²) in [5.74, 6) is 0. The summed E-state index contributed by atoms with van der Waals surface area (Å²) < 4.78 is 2.58. The van der Waals surface area contributed by atoms with Crippen LogP contribution in [0.2, 0.25) is 0 Å². The zero-order valence-electron chi connectivity index (χ0n) is 29.9. The van der Waals surface area contributed by atoms with Gasteiger partial charge in [0.15, 0.2) is 0 Å². The van der Waals surface area contributed by atoms with Crippen molar-refractivity contribution in [1.29, 1.82) is 0 Å². The summed E-state index contributed by atoms with van der Waals surface area (Å²) in [5, 5.41) is 2.58. The summed E-state index contributed by atoms with van der Waals surface area (Å²) in [6, 6.07) is 73.4. The molecule has 10 aromatic rings. The first kappa shape index (κ1) is 32.7. The quantitative estimate of drug-likeness (QED) is 0.164. The van der Waals surface area contributed by atoms with Crippen molar-refractivity contribution in [2.45, 2.75) is 0 Å². The summed E-state index contributed by atoms with van der Waals surface area (Å²) in [6.45, 7) is 0. The first-order valence-electron chi connectivity index (χ1n) is 18.6. The Morgan fingerprint density at radius 1 is 0.273 bits per heavy atom. The molecule has 0 atom stereocenters.